The second kappa shape index (κ2) is 8.48. The number of rotatable bonds is 7. The number of aryl methyl sites for hydroxylation is 1. The number of nitrogens with one attached hydrogen (secondary N) is 2. The van der Waals surface area contributed by atoms with Crippen molar-refractivity contribution >= 4 is 17.6 Å². The minimum absolute atomic E-state index is 0.0363. The molecule has 0 spiro atoms. The summed E-state index contributed by atoms with van der Waals surface area (Å²) in [6.07, 6.45) is 1.17. The van der Waals surface area contributed by atoms with Crippen LogP contribution in [0.25, 0.3) is 0 Å². The number of methoxy groups -OCH3 is 1. The molecule has 0 radical (unpaired) electrons. The zero-order valence-electron chi connectivity index (χ0n) is 13.5. The monoisotopic (exact) mass is 347 g/mol. The summed E-state index contributed by atoms with van der Waals surface area (Å²) in [7, 11) is 1.54. The Balaban J connectivity index is 1.76. The van der Waals surface area contributed by atoms with Crippen molar-refractivity contribution in [2.45, 2.75) is 13.0 Å². The smallest absolute Gasteiger partial charge is 0.328 e. The van der Waals surface area contributed by atoms with Gasteiger partial charge < -0.3 is 19.4 Å². The lowest BCUT2D eigenvalue weighted by Gasteiger charge is -2.08. The van der Waals surface area contributed by atoms with Gasteiger partial charge in [-0.3, -0.25) is 19.4 Å². The van der Waals surface area contributed by atoms with Gasteiger partial charge in [0.05, 0.1) is 13.5 Å². The maximum Gasteiger partial charge on any atom is 0.328 e. The molecule has 1 aromatic heterocycles. The van der Waals surface area contributed by atoms with Gasteiger partial charge in [0.2, 0.25) is 0 Å². The van der Waals surface area contributed by atoms with Crippen molar-refractivity contribution in [2.24, 2.45) is 0 Å². The van der Waals surface area contributed by atoms with Crippen LogP contribution in [0.1, 0.15) is 6.42 Å². The lowest BCUT2D eigenvalue weighted by atomic mass is 10.3. The van der Waals surface area contributed by atoms with Crippen molar-refractivity contribution in [3.63, 3.8) is 0 Å². The molecule has 0 aliphatic rings. The van der Waals surface area contributed by atoms with Crippen LogP contribution in [0, 0.1) is 0 Å². The third kappa shape index (κ3) is 5.65. The largest absolute Gasteiger partial charge is 0.497 e. The van der Waals surface area contributed by atoms with Gasteiger partial charge in [0.1, 0.15) is 5.75 Å². The number of H-pyrrole nitrogens is 1. The molecule has 1 amide bonds. The van der Waals surface area contributed by atoms with Crippen molar-refractivity contribution in [3.8, 4) is 5.75 Å². The van der Waals surface area contributed by atoms with E-state index in [2.05, 4.69) is 10.3 Å². The van der Waals surface area contributed by atoms with Crippen molar-refractivity contribution < 1.29 is 19.1 Å². The van der Waals surface area contributed by atoms with Gasteiger partial charge in [0.25, 0.3) is 11.5 Å². The van der Waals surface area contributed by atoms with Crippen molar-refractivity contribution in [1.82, 2.24) is 9.55 Å². The van der Waals surface area contributed by atoms with Gasteiger partial charge in [-0.1, -0.05) is 0 Å². The van der Waals surface area contributed by atoms with E-state index in [1.54, 1.807) is 24.3 Å². The van der Waals surface area contributed by atoms with E-state index in [1.807, 2.05) is 0 Å². The average molecular weight is 347 g/mol. The molecule has 1 heterocycles. The Hall–Kier alpha value is -3.36. The molecule has 9 nitrogen and oxygen atoms in total. The van der Waals surface area contributed by atoms with E-state index in [-0.39, 0.29) is 13.0 Å². The fraction of sp³-hybridized carbons (Fsp3) is 0.250. The first kappa shape index (κ1) is 18.0. The fourth-order valence-electron chi connectivity index (χ4n) is 1.92. The first-order valence-corrected chi connectivity index (χ1v) is 7.37. The number of hydrogen-bond acceptors (Lipinski definition) is 6. The van der Waals surface area contributed by atoms with Crippen LogP contribution in [0.5, 0.6) is 5.75 Å². The molecule has 2 aromatic rings. The predicted molar refractivity (Wildman–Crippen MR) is 88.5 cm³/mol. The Labute approximate surface area is 142 Å². The Morgan fingerprint density at radius 1 is 1.16 bits per heavy atom. The Bertz CT molecular complexity index is 853. The van der Waals surface area contributed by atoms with Gasteiger partial charge in [-0.15, -0.1) is 0 Å². The number of benzene rings is 1. The minimum atomic E-state index is -0.636. The molecule has 2 rings (SSSR count). The summed E-state index contributed by atoms with van der Waals surface area (Å²) in [5.41, 5.74) is -0.585. The minimum Gasteiger partial charge on any atom is -0.497 e. The molecule has 9 heteroatoms. The molecule has 0 atom stereocenters. The Kier molecular flexibility index (Phi) is 6.10. The van der Waals surface area contributed by atoms with Crippen molar-refractivity contribution in [3.05, 3.63) is 57.4 Å². The van der Waals surface area contributed by atoms with Crippen molar-refractivity contribution in [1.29, 1.82) is 0 Å². The number of aromatic nitrogens is 2. The van der Waals surface area contributed by atoms with E-state index in [0.29, 0.717) is 11.4 Å². The molecule has 0 aliphatic carbocycles. The highest BCUT2D eigenvalue weighted by molar-refractivity contribution is 5.92. The lowest BCUT2D eigenvalue weighted by Crippen LogP contribution is -2.29. The second-order valence-corrected chi connectivity index (χ2v) is 4.99. The first-order chi connectivity index (χ1) is 12.0. The van der Waals surface area contributed by atoms with Crippen LogP contribution in [0.2, 0.25) is 0 Å². The fourth-order valence-corrected chi connectivity index (χ4v) is 1.92. The molecule has 132 valence electrons. The number of amides is 1. The van der Waals surface area contributed by atoms with Crippen LogP contribution in [0.3, 0.4) is 0 Å². The van der Waals surface area contributed by atoms with Crippen LogP contribution in [-0.2, 0) is 20.9 Å². The van der Waals surface area contributed by atoms with Crippen LogP contribution < -0.4 is 21.3 Å². The Morgan fingerprint density at radius 2 is 1.88 bits per heavy atom. The highest BCUT2D eigenvalue weighted by atomic mass is 16.5. The Morgan fingerprint density at radius 3 is 2.52 bits per heavy atom. The number of esters is 1. The summed E-state index contributed by atoms with van der Waals surface area (Å²) in [6, 6.07) is 7.85. The number of ether oxygens (including phenoxy) is 2. The van der Waals surface area contributed by atoms with Gasteiger partial charge >= 0.3 is 11.7 Å². The SMILES string of the molecule is COc1ccc(NC(=O)COC(=O)CCn2ccc(=O)[nH]c2=O)cc1. The first-order valence-electron chi connectivity index (χ1n) is 7.37. The number of nitrogens with zero attached hydrogens (tertiary/aromatic N) is 1. The molecular weight excluding hydrogens is 330 g/mol. The predicted octanol–water partition coefficient (Wildman–Crippen LogP) is 0.117. The van der Waals surface area contributed by atoms with Gasteiger partial charge in [-0.2, -0.15) is 0 Å². The number of carbonyl (C=O) groups is 2. The highest BCUT2D eigenvalue weighted by Gasteiger charge is 2.09. The molecule has 25 heavy (non-hydrogen) atoms. The highest BCUT2D eigenvalue weighted by Crippen LogP contribution is 2.14. The normalized spacial score (nSPS) is 10.1. The average Bonchev–Trinajstić information content (AvgIpc) is 2.60. The lowest BCUT2D eigenvalue weighted by molar-refractivity contribution is -0.147. The number of hydrogen-bond donors (Lipinski definition) is 2. The van der Waals surface area contributed by atoms with Gasteiger partial charge in [-0.25, -0.2) is 4.79 Å². The molecule has 0 bridgehead atoms. The summed E-state index contributed by atoms with van der Waals surface area (Å²) in [5, 5.41) is 2.57. The van der Waals surface area contributed by atoms with E-state index in [9.17, 15) is 19.2 Å². The van der Waals surface area contributed by atoms with E-state index in [1.165, 1.54) is 23.9 Å². The summed E-state index contributed by atoms with van der Waals surface area (Å²) in [6.45, 7) is -0.403. The van der Waals surface area contributed by atoms with Gasteiger partial charge in [-0.05, 0) is 24.3 Å². The van der Waals surface area contributed by atoms with Gasteiger partial charge in [0.15, 0.2) is 6.61 Å². The van der Waals surface area contributed by atoms with E-state index in [0.717, 1.165) is 0 Å². The quantitative estimate of drug-likeness (QED) is 0.687. The number of aromatic amines is 1. The zero-order valence-corrected chi connectivity index (χ0v) is 13.5. The maximum atomic E-state index is 11.7. The molecule has 0 unspecified atom stereocenters. The molecular formula is C16H17N3O6. The third-order valence-electron chi connectivity index (χ3n) is 3.19. The van der Waals surface area contributed by atoms with E-state index < -0.39 is 29.7 Å². The summed E-state index contributed by atoms with van der Waals surface area (Å²) in [4.78, 5) is 47.8. The molecule has 0 saturated heterocycles. The maximum absolute atomic E-state index is 11.7. The van der Waals surface area contributed by atoms with Crippen molar-refractivity contribution in [2.75, 3.05) is 19.0 Å². The number of carbonyl (C=O) groups excluding carboxylic acids is 2. The summed E-state index contributed by atoms with van der Waals surface area (Å²) >= 11 is 0. The molecule has 0 fully saturated rings. The summed E-state index contributed by atoms with van der Waals surface area (Å²) < 4.78 is 11.0. The molecule has 1 aromatic carbocycles. The second-order valence-electron chi connectivity index (χ2n) is 4.99. The third-order valence-corrected chi connectivity index (χ3v) is 3.19. The molecule has 0 saturated carbocycles. The molecule has 0 aliphatic heterocycles. The van der Waals surface area contributed by atoms with Crippen LogP contribution in [0.15, 0.2) is 46.1 Å². The topological polar surface area (TPSA) is 119 Å². The summed E-state index contributed by atoms with van der Waals surface area (Å²) in [5.74, 6) is -0.468. The molecule has 2 N–H and O–H groups in total. The van der Waals surface area contributed by atoms with E-state index in [4.69, 9.17) is 9.47 Å². The number of anilines is 1. The van der Waals surface area contributed by atoms with Crippen LogP contribution in [-0.4, -0.2) is 35.1 Å². The van der Waals surface area contributed by atoms with Gasteiger partial charge in [0, 0.05) is 24.5 Å². The van der Waals surface area contributed by atoms with Crippen LogP contribution in [0.4, 0.5) is 5.69 Å². The van der Waals surface area contributed by atoms with E-state index >= 15 is 0 Å². The standard InChI is InChI=1S/C16H17N3O6/c1-24-12-4-2-11(3-5-12)17-14(21)10-25-15(22)7-9-19-8-6-13(20)18-16(19)23/h2-6,8H,7,9-10H2,1H3,(H,17,21)(H,18,20,23). The van der Waals surface area contributed by atoms with Crippen LogP contribution >= 0.6 is 0 Å². The zero-order chi connectivity index (χ0) is 18.2.